The van der Waals surface area contributed by atoms with E-state index < -0.39 is 0 Å². The maximum absolute atomic E-state index is 12.1. The summed E-state index contributed by atoms with van der Waals surface area (Å²) < 4.78 is 5.09. The summed E-state index contributed by atoms with van der Waals surface area (Å²) >= 11 is 0. The molecule has 0 spiro atoms. The van der Waals surface area contributed by atoms with Crippen molar-refractivity contribution < 1.29 is 14.3 Å². The molecule has 0 radical (unpaired) electrons. The predicted molar refractivity (Wildman–Crippen MR) is 79.1 cm³/mol. The van der Waals surface area contributed by atoms with Crippen LogP contribution in [-0.2, 0) is 14.3 Å². The third-order valence-corrected chi connectivity index (χ3v) is 4.22. The summed E-state index contributed by atoms with van der Waals surface area (Å²) in [6.45, 7) is 4.41. The Hall–Kier alpha value is -2.18. The first-order chi connectivity index (χ1) is 10.6. The van der Waals surface area contributed by atoms with Gasteiger partial charge in [-0.05, 0) is 18.4 Å². The molecule has 7 heteroatoms. The zero-order valence-corrected chi connectivity index (χ0v) is 12.6. The van der Waals surface area contributed by atoms with E-state index in [0.29, 0.717) is 38.0 Å². The standard InChI is InChI=1S/C15H20N4O3/c1-11-9-12(11)14(21)22-10-13(20)18-5-7-19(8-6-18)15-16-3-2-4-17-15/h2-4,11-12H,5-10H2,1H3/t11-,12+/m1/s1. The molecular formula is C15H20N4O3. The van der Waals surface area contributed by atoms with Crippen LogP contribution in [0.4, 0.5) is 5.95 Å². The predicted octanol–water partition coefficient (Wildman–Crippen LogP) is 0.324. The fourth-order valence-corrected chi connectivity index (χ4v) is 2.59. The van der Waals surface area contributed by atoms with Gasteiger partial charge in [-0.15, -0.1) is 0 Å². The Labute approximate surface area is 129 Å². The molecule has 1 amide bonds. The van der Waals surface area contributed by atoms with Gasteiger partial charge in [0.15, 0.2) is 6.61 Å². The van der Waals surface area contributed by atoms with Crippen LogP contribution in [0.3, 0.4) is 0 Å². The van der Waals surface area contributed by atoms with Crippen LogP contribution in [0.25, 0.3) is 0 Å². The van der Waals surface area contributed by atoms with Crippen LogP contribution in [0.15, 0.2) is 18.5 Å². The molecule has 1 aliphatic heterocycles. The number of anilines is 1. The van der Waals surface area contributed by atoms with Gasteiger partial charge in [0, 0.05) is 38.6 Å². The van der Waals surface area contributed by atoms with Crippen molar-refractivity contribution >= 4 is 17.8 Å². The number of esters is 1. The molecule has 1 aliphatic carbocycles. The normalized spacial score (nSPS) is 24.0. The van der Waals surface area contributed by atoms with Crippen molar-refractivity contribution in [2.24, 2.45) is 11.8 Å². The van der Waals surface area contributed by atoms with Crippen LogP contribution in [0.1, 0.15) is 13.3 Å². The smallest absolute Gasteiger partial charge is 0.309 e. The SMILES string of the molecule is C[C@@H]1C[C@@H]1C(=O)OCC(=O)N1CCN(c2ncccn2)CC1. The zero-order valence-electron chi connectivity index (χ0n) is 12.6. The second kappa shape index (κ2) is 6.29. The molecule has 1 aromatic rings. The zero-order chi connectivity index (χ0) is 15.5. The summed E-state index contributed by atoms with van der Waals surface area (Å²) in [7, 11) is 0. The van der Waals surface area contributed by atoms with Crippen LogP contribution in [0.2, 0.25) is 0 Å². The molecule has 2 heterocycles. The monoisotopic (exact) mass is 304 g/mol. The lowest BCUT2D eigenvalue weighted by atomic mass is 10.3. The molecule has 22 heavy (non-hydrogen) atoms. The van der Waals surface area contributed by atoms with Crippen LogP contribution in [-0.4, -0.2) is 59.5 Å². The maximum atomic E-state index is 12.1. The van der Waals surface area contributed by atoms with Gasteiger partial charge in [-0.25, -0.2) is 9.97 Å². The maximum Gasteiger partial charge on any atom is 0.309 e. The third-order valence-electron chi connectivity index (χ3n) is 4.22. The molecule has 0 aromatic carbocycles. The van der Waals surface area contributed by atoms with Crippen LogP contribution in [0.5, 0.6) is 0 Å². The van der Waals surface area contributed by atoms with Crippen molar-refractivity contribution in [1.82, 2.24) is 14.9 Å². The molecule has 1 saturated carbocycles. The minimum Gasteiger partial charge on any atom is -0.455 e. The molecule has 2 aliphatic rings. The Kier molecular flexibility index (Phi) is 4.22. The Morgan fingerprint density at radius 1 is 1.23 bits per heavy atom. The number of carbonyl (C=O) groups excluding carboxylic acids is 2. The second-order valence-corrected chi connectivity index (χ2v) is 5.84. The summed E-state index contributed by atoms with van der Waals surface area (Å²) in [4.78, 5) is 35.9. The summed E-state index contributed by atoms with van der Waals surface area (Å²) in [5, 5.41) is 0. The molecule has 2 fully saturated rings. The summed E-state index contributed by atoms with van der Waals surface area (Å²) in [6, 6.07) is 1.78. The quantitative estimate of drug-likeness (QED) is 0.746. The third kappa shape index (κ3) is 3.35. The van der Waals surface area contributed by atoms with E-state index in [1.165, 1.54) is 0 Å². The van der Waals surface area contributed by atoms with E-state index in [9.17, 15) is 9.59 Å². The largest absolute Gasteiger partial charge is 0.455 e. The highest BCUT2D eigenvalue weighted by atomic mass is 16.5. The molecule has 2 atom stereocenters. The van der Waals surface area contributed by atoms with Gasteiger partial charge in [0.05, 0.1) is 5.92 Å². The van der Waals surface area contributed by atoms with Crippen molar-refractivity contribution in [2.75, 3.05) is 37.7 Å². The number of carbonyl (C=O) groups is 2. The summed E-state index contributed by atoms with van der Waals surface area (Å²) in [5.74, 6) is 0.716. The number of amides is 1. The van der Waals surface area contributed by atoms with E-state index in [2.05, 4.69) is 9.97 Å². The lowest BCUT2D eigenvalue weighted by molar-refractivity contribution is -0.153. The van der Waals surface area contributed by atoms with Crippen LogP contribution in [0, 0.1) is 11.8 Å². The molecule has 3 rings (SSSR count). The van der Waals surface area contributed by atoms with Gasteiger partial charge in [-0.2, -0.15) is 0 Å². The molecule has 1 aromatic heterocycles. The number of ether oxygens (including phenoxy) is 1. The van der Waals surface area contributed by atoms with Crippen LogP contribution >= 0.6 is 0 Å². The molecule has 0 unspecified atom stereocenters. The minimum absolute atomic E-state index is 0.000114. The van der Waals surface area contributed by atoms with E-state index in [1.807, 2.05) is 11.8 Å². The molecule has 118 valence electrons. The molecular weight excluding hydrogens is 284 g/mol. The highest BCUT2D eigenvalue weighted by Gasteiger charge is 2.40. The highest BCUT2D eigenvalue weighted by Crippen LogP contribution is 2.38. The first-order valence-corrected chi connectivity index (χ1v) is 7.61. The van der Waals surface area contributed by atoms with E-state index in [-0.39, 0.29) is 24.4 Å². The number of piperazine rings is 1. The van der Waals surface area contributed by atoms with Gasteiger partial charge in [0.2, 0.25) is 5.95 Å². The molecule has 0 bridgehead atoms. The first kappa shape index (κ1) is 14.7. The fraction of sp³-hybridized carbons (Fsp3) is 0.600. The van der Waals surface area contributed by atoms with Crippen molar-refractivity contribution in [2.45, 2.75) is 13.3 Å². The average molecular weight is 304 g/mol. The second-order valence-electron chi connectivity index (χ2n) is 5.84. The first-order valence-electron chi connectivity index (χ1n) is 7.61. The Balaban J connectivity index is 1.43. The van der Waals surface area contributed by atoms with E-state index in [0.717, 1.165) is 6.42 Å². The summed E-state index contributed by atoms with van der Waals surface area (Å²) in [5.41, 5.74) is 0. The van der Waals surface area contributed by atoms with Crippen molar-refractivity contribution in [3.63, 3.8) is 0 Å². The van der Waals surface area contributed by atoms with Gasteiger partial charge in [0.25, 0.3) is 5.91 Å². The van der Waals surface area contributed by atoms with Gasteiger partial charge < -0.3 is 14.5 Å². The van der Waals surface area contributed by atoms with E-state index in [1.54, 1.807) is 23.4 Å². The van der Waals surface area contributed by atoms with Gasteiger partial charge >= 0.3 is 5.97 Å². The number of nitrogens with zero attached hydrogens (tertiary/aromatic N) is 4. The van der Waals surface area contributed by atoms with Crippen molar-refractivity contribution in [1.29, 1.82) is 0 Å². The van der Waals surface area contributed by atoms with Crippen molar-refractivity contribution in [3.8, 4) is 0 Å². The lowest BCUT2D eigenvalue weighted by Gasteiger charge is -2.34. The number of hydrogen-bond donors (Lipinski definition) is 0. The van der Waals surface area contributed by atoms with E-state index >= 15 is 0 Å². The minimum atomic E-state index is -0.239. The number of hydrogen-bond acceptors (Lipinski definition) is 6. The Morgan fingerprint density at radius 3 is 2.45 bits per heavy atom. The molecule has 7 nitrogen and oxygen atoms in total. The van der Waals surface area contributed by atoms with Crippen LogP contribution < -0.4 is 4.90 Å². The van der Waals surface area contributed by atoms with Crippen molar-refractivity contribution in [3.05, 3.63) is 18.5 Å². The van der Waals surface area contributed by atoms with Gasteiger partial charge in [-0.1, -0.05) is 6.92 Å². The highest BCUT2D eigenvalue weighted by molar-refractivity contribution is 5.82. The number of aromatic nitrogens is 2. The number of rotatable bonds is 4. The lowest BCUT2D eigenvalue weighted by Crippen LogP contribution is -2.50. The fourth-order valence-electron chi connectivity index (χ4n) is 2.59. The average Bonchev–Trinajstić information content (AvgIpc) is 3.30. The molecule has 1 saturated heterocycles. The van der Waals surface area contributed by atoms with Gasteiger partial charge in [0.1, 0.15) is 0 Å². The Bertz CT molecular complexity index is 543. The van der Waals surface area contributed by atoms with E-state index in [4.69, 9.17) is 4.74 Å². The topological polar surface area (TPSA) is 75.6 Å². The Morgan fingerprint density at radius 2 is 1.86 bits per heavy atom. The molecule has 0 N–H and O–H groups in total. The summed E-state index contributed by atoms with van der Waals surface area (Å²) in [6.07, 6.45) is 4.29. The van der Waals surface area contributed by atoms with Gasteiger partial charge in [-0.3, -0.25) is 9.59 Å².